The minimum absolute atomic E-state index is 0.676. The SMILES string of the molecule is CSCc1ccc(CN=C(N)N2CCSCC2)cc1. The molecule has 0 spiro atoms. The fourth-order valence-corrected chi connectivity index (χ4v) is 3.40. The molecular weight excluding hydrogens is 274 g/mol. The lowest BCUT2D eigenvalue weighted by Gasteiger charge is -2.27. The van der Waals surface area contributed by atoms with Crippen LogP contribution in [-0.4, -0.2) is 41.7 Å². The quantitative estimate of drug-likeness (QED) is 0.684. The number of hydrogen-bond acceptors (Lipinski definition) is 3. The minimum atomic E-state index is 0.676. The Morgan fingerprint density at radius 3 is 2.53 bits per heavy atom. The van der Waals surface area contributed by atoms with Crippen molar-refractivity contribution in [1.82, 2.24) is 4.90 Å². The van der Waals surface area contributed by atoms with Crippen LogP contribution in [0, 0.1) is 0 Å². The van der Waals surface area contributed by atoms with E-state index in [4.69, 9.17) is 5.73 Å². The molecule has 0 saturated carbocycles. The van der Waals surface area contributed by atoms with Crippen molar-refractivity contribution in [2.75, 3.05) is 30.9 Å². The van der Waals surface area contributed by atoms with Crippen LogP contribution < -0.4 is 5.73 Å². The third kappa shape index (κ3) is 4.66. The van der Waals surface area contributed by atoms with E-state index in [1.54, 1.807) is 0 Å². The van der Waals surface area contributed by atoms with E-state index in [0.717, 1.165) is 30.3 Å². The van der Waals surface area contributed by atoms with Gasteiger partial charge in [-0.1, -0.05) is 24.3 Å². The highest BCUT2D eigenvalue weighted by Gasteiger charge is 2.11. The summed E-state index contributed by atoms with van der Waals surface area (Å²) in [5, 5.41) is 0. The van der Waals surface area contributed by atoms with E-state index < -0.39 is 0 Å². The molecule has 1 saturated heterocycles. The molecule has 19 heavy (non-hydrogen) atoms. The number of nitrogens with zero attached hydrogens (tertiary/aromatic N) is 2. The van der Waals surface area contributed by atoms with Gasteiger partial charge in [0.2, 0.25) is 0 Å². The van der Waals surface area contributed by atoms with E-state index in [1.165, 1.54) is 11.1 Å². The fraction of sp³-hybridized carbons (Fsp3) is 0.500. The average molecular weight is 295 g/mol. The van der Waals surface area contributed by atoms with Gasteiger partial charge in [0.25, 0.3) is 0 Å². The number of rotatable bonds is 4. The predicted molar refractivity (Wildman–Crippen MR) is 87.9 cm³/mol. The summed E-state index contributed by atoms with van der Waals surface area (Å²) in [6.45, 7) is 2.72. The topological polar surface area (TPSA) is 41.6 Å². The molecule has 2 rings (SSSR count). The Morgan fingerprint density at radius 1 is 1.26 bits per heavy atom. The molecule has 1 fully saturated rings. The van der Waals surface area contributed by atoms with Crippen molar-refractivity contribution in [2.24, 2.45) is 10.7 Å². The van der Waals surface area contributed by atoms with Gasteiger partial charge in [0.05, 0.1) is 6.54 Å². The summed E-state index contributed by atoms with van der Waals surface area (Å²) in [5.41, 5.74) is 8.62. The van der Waals surface area contributed by atoms with Crippen LogP contribution in [0.4, 0.5) is 0 Å². The lowest BCUT2D eigenvalue weighted by molar-refractivity contribution is 0.455. The molecule has 3 nitrogen and oxygen atoms in total. The fourth-order valence-electron chi connectivity index (χ4n) is 1.97. The van der Waals surface area contributed by atoms with Gasteiger partial charge in [-0.2, -0.15) is 23.5 Å². The van der Waals surface area contributed by atoms with Gasteiger partial charge >= 0.3 is 0 Å². The second kappa shape index (κ2) is 7.70. The highest BCUT2D eigenvalue weighted by molar-refractivity contribution is 7.99. The zero-order valence-electron chi connectivity index (χ0n) is 11.3. The minimum Gasteiger partial charge on any atom is -0.370 e. The molecule has 0 bridgehead atoms. The summed E-state index contributed by atoms with van der Waals surface area (Å²) in [6, 6.07) is 8.65. The summed E-state index contributed by atoms with van der Waals surface area (Å²) in [7, 11) is 0. The molecule has 0 atom stereocenters. The molecule has 104 valence electrons. The van der Waals surface area contributed by atoms with Crippen molar-refractivity contribution in [3.05, 3.63) is 35.4 Å². The summed E-state index contributed by atoms with van der Waals surface area (Å²) in [4.78, 5) is 6.68. The van der Waals surface area contributed by atoms with Gasteiger partial charge < -0.3 is 10.6 Å². The number of aliphatic imine (C=N–C) groups is 1. The van der Waals surface area contributed by atoms with E-state index in [-0.39, 0.29) is 0 Å². The van der Waals surface area contributed by atoms with Crippen LogP contribution in [0.5, 0.6) is 0 Å². The van der Waals surface area contributed by atoms with Crippen molar-refractivity contribution >= 4 is 29.5 Å². The van der Waals surface area contributed by atoms with Crippen LogP contribution in [0.3, 0.4) is 0 Å². The average Bonchev–Trinajstić information content (AvgIpc) is 2.47. The summed E-state index contributed by atoms with van der Waals surface area (Å²) >= 11 is 3.82. The third-order valence-electron chi connectivity index (χ3n) is 3.09. The maximum Gasteiger partial charge on any atom is 0.191 e. The number of nitrogens with two attached hydrogens (primary N) is 1. The number of guanidine groups is 1. The second-order valence-electron chi connectivity index (χ2n) is 4.52. The van der Waals surface area contributed by atoms with Gasteiger partial charge in [0, 0.05) is 30.3 Å². The maximum atomic E-state index is 6.04. The first-order valence-corrected chi connectivity index (χ1v) is 9.04. The molecule has 0 aromatic heterocycles. The number of thioether (sulfide) groups is 2. The zero-order chi connectivity index (χ0) is 13.5. The van der Waals surface area contributed by atoms with Gasteiger partial charge in [-0.25, -0.2) is 4.99 Å². The Morgan fingerprint density at radius 2 is 1.89 bits per heavy atom. The van der Waals surface area contributed by atoms with Crippen LogP contribution in [0.1, 0.15) is 11.1 Å². The number of hydrogen-bond donors (Lipinski definition) is 1. The maximum absolute atomic E-state index is 6.04. The van der Waals surface area contributed by atoms with Crippen molar-refractivity contribution in [3.8, 4) is 0 Å². The van der Waals surface area contributed by atoms with Crippen molar-refractivity contribution < 1.29 is 0 Å². The highest BCUT2D eigenvalue weighted by Crippen LogP contribution is 2.12. The molecule has 0 unspecified atom stereocenters. The van der Waals surface area contributed by atoms with Gasteiger partial charge in [0.15, 0.2) is 5.96 Å². The van der Waals surface area contributed by atoms with Gasteiger partial charge in [-0.15, -0.1) is 0 Å². The smallest absolute Gasteiger partial charge is 0.191 e. The van der Waals surface area contributed by atoms with E-state index in [1.807, 2.05) is 23.5 Å². The Kier molecular flexibility index (Phi) is 5.92. The lowest BCUT2D eigenvalue weighted by Crippen LogP contribution is -2.42. The Balaban J connectivity index is 1.89. The van der Waals surface area contributed by atoms with Crippen molar-refractivity contribution in [1.29, 1.82) is 0 Å². The predicted octanol–water partition coefficient (Wildman–Crippen LogP) is 2.41. The Labute approximate surface area is 124 Å². The van der Waals surface area contributed by atoms with Crippen molar-refractivity contribution in [3.63, 3.8) is 0 Å². The highest BCUT2D eigenvalue weighted by atomic mass is 32.2. The molecule has 1 heterocycles. The monoisotopic (exact) mass is 295 g/mol. The molecule has 1 aromatic rings. The van der Waals surface area contributed by atoms with Crippen LogP contribution >= 0.6 is 23.5 Å². The summed E-state index contributed by atoms with van der Waals surface area (Å²) in [6.07, 6.45) is 2.12. The van der Waals surface area contributed by atoms with E-state index in [0.29, 0.717) is 12.5 Å². The largest absolute Gasteiger partial charge is 0.370 e. The Bertz CT molecular complexity index is 411. The first-order chi connectivity index (χ1) is 9.29. The van der Waals surface area contributed by atoms with E-state index in [9.17, 15) is 0 Å². The molecule has 5 heteroatoms. The second-order valence-corrected chi connectivity index (χ2v) is 6.61. The van der Waals surface area contributed by atoms with Crippen LogP contribution in [0.2, 0.25) is 0 Å². The molecule has 0 radical (unpaired) electrons. The molecule has 0 amide bonds. The first kappa shape index (κ1) is 14.6. The van der Waals surface area contributed by atoms with Gasteiger partial charge in [0.1, 0.15) is 0 Å². The number of benzene rings is 1. The third-order valence-corrected chi connectivity index (χ3v) is 4.66. The summed E-state index contributed by atoms with van der Waals surface area (Å²) in [5.74, 6) is 4.06. The lowest BCUT2D eigenvalue weighted by atomic mass is 10.1. The summed E-state index contributed by atoms with van der Waals surface area (Å²) < 4.78 is 0. The molecular formula is C14H21N3S2. The van der Waals surface area contributed by atoms with Crippen LogP contribution in [0.15, 0.2) is 29.3 Å². The van der Waals surface area contributed by atoms with Crippen LogP contribution in [0.25, 0.3) is 0 Å². The molecule has 1 aliphatic rings. The van der Waals surface area contributed by atoms with E-state index >= 15 is 0 Å². The van der Waals surface area contributed by atoms with E-state index in [2.05, 4.69) is 40.4 Å². The first-order valence-electron chi connectivity index (χ1n) is 6.49. The normalized spacial score (nSPS) is 16.7. The zero-order valence-corrected chi connectivity index (χ0v) is 13.0. The molecule has 1 aliphatic heterocycles. The van der Waals surface area contributed by atoms with Gasteiger partial charge in [-0.3, -0.25) is 0 Å². The molecule has 1 aromatic carbocycles. The Hall–Kier alpha value is -0.810. The van der Waals surface area contributed by atoms with Gasteiger partial charge in [-0.05, 0) is 17.4 Å². The molecule has 0 aliphatic carbocycles. The standard InChI is InChI=1S/C14H21N3S2/c1-18-11-13-4-2-12(3-5-13)10-16-14(15)17-6-8-19-9-7-17/h2-5H,6-11H2,1H3,(H2,15,16). The molecule has 2 N–H and O–H groups in total. The van der Waals surface area contributed by atoms with Crippen LogP contribution in [-0.2, 0) is 12.3 Å². The van der Waals surface area contributed by atoms with Crippen molar-refractivity contribution in [2.45, 2.75) is 12.3 Å².